The number of nitrogens with one attached hydrogen (secondary N) is 1. The van der Waals surface area contributed by atoms with E-state index in [1.165, 1.54) is 12.1 Å². The fraction of sp³-hybridized carbons (Fsp3) is 0.588. The summed E-state index contributed by atoms with van der Waals surface area (Å²) in [7, 11) is 0. The van der Waals surface area contributed by atoms with E-state index in [9.17, 15) is 14.9 Å². The standard InChI is InChI=1S/C17H25N3O6/c1-17(2,3)26-16(21)18-14-5-4-13(12-15(14)20(22)23)25-11-8-19-6-9-24-10-7-19/h4-5,12H,6-11H2,1-3H3,(H,18,21). The van der Waals surface area contributed by atoms with Crippen LogP contribution in [-0.2, 0) is 9.47 Å². The largest absolute Gasteiger partial charge is 0.492 e. The molecule has 0 bridgehead atoms. The molecule has 26 heavy (non-hydrogen) atoms. The SMILES string of the molecule is CC(C)(C)OC(=O)Nc1ccc(OCCN2CCOCC2)cc1[N+](=O)[O-]. The van der Waals surface area contributed by atoms with Crippen molar-refractivity contribution in [2.24, 2.45) is 0 Å². The molecule has 2 rings (SSSR count). The van der Waals surface area contributed by atoms with Gasteiger partial charge >= 0.3 is 6.09 Å². The summed E-state index contributed by atoms with van der Waals surface area (Å²) in [5.74, 6) is 0.375. The van der Waals surface area contributed by atoms with Crippen molar-refractivity contribution in [3.8, 4) is 5.75 Å². The van der Waals surface area contributed by atoms with Crippen molar-refractivity contribution >= 4 is 17.5 Å². The monoisotopic (exact) mass is 367 g/mol. The number of nitro groups is 1. The molecule has 0 aliphatic carbocycles. The molecule has 1 fully saturated rings. The maximum absolute atomic E-state index is 11.8. The van der Waals surface area contributed by atoms with Gasteiger partial charge in [-0.3, -0.25) is 20.3 Å². The Morgan fingerprint density at radius 3 is 2.65 bits per heavy atom. The van der Waals surface area contributed by atoms with E-state index < -0.39 is 16.6 Å². The van der Waals surface area contributed by atoms with E-state index in [1.807, 2.05) is 0 Å². The zero-order valence-electron chi connectivity index (χ0n) is 15.3. The molecule has 9 nitrogen and oxygen atoms in total. The highest BCUT2D eigenvalue weighted by atomic mass is 16.6. The van der Waals surface area contributed by atoms with Crippen LogP contribution < -0.4 is 10.1 Å². The molecule has 0 spiro atoms. The van der Waals surface area contributed by atoms with Gasteiger partial charge in [-0.2, -0.15) is 0 Å². The van der Waals surface area contributed by atoms with Gasteiger partial charge < -0.3 is 14.2 Å². The van der Waals surface area contributed by atoms with E-state index in [2.05, 4.69) is 10.2 Å². The molecule has 1 aromatic rings. The average Bonchev–Trinajstić information content (AvgIpc) is 2.55. The number of morpholine rings is 1. The maximum Gasteiger partial charge on any atom is 0.412 e. The van der Waals surface area contributed by atoms with Crippen LogP contribution in [-0.4, -0.2) is 61.0 Å². The van der Waals surface area contributed by atoms with E-state index in [1.54, 1.807) is 26.8 Å². The third-order valence-corrected chi connectivity index (χ3v) is 3.58. The molecule has 1 saturated heterocycles. The van der Waals surface area contributed by atoms with E-state index in [-0.39, 0.29) is 11.4 Å². The fourth-order valence-electron chi connectivity index (χ4n) is 2.39. The van der Waals surface area contributed by atoms with Gasteiger partial charge in [-0.25, -0.2) is 4.79 Å². The van der Waals surface area contributed by atoms with Gasteiger partial charge in [0.15, 0.2) is 0 Å². The fourth-order valence-corrected chi connectivity index (χ4v) is 2.39. The van der Waals surface area contributed by atoms with Crippen LogP contribution in [0.5, 0.6) is 5.75 Å². The Kier molecular flexibility index (Phi) is 6.76. The predicted octanol–water partition coefficient (Wildman–Crippen LogP) is 2.65. The molecular formula is C17H25N3O6. The summed E-state index contributed by atoms with van der Waals surface area (Å²) in [6.07, 6.45) is -0.749. The number of hydrogen-bond donors (Lipinski definition) is 1. The minimum atomic E-state index is -0.749. The van der Waals surface area contributed by atoms with Gasteiger partial charge in [-0.1, -0.05) is 0 Å². The summed E-state index contributed by atoms with van der Waals surface area (Å²) < 4.78 is 16.0. The van der Waals surface area contributed by atoms with Gasteiger partial charge in [0, 0.05) is 19.6 Å². The average molecular weight is 367 g/mol. The molecule has 1 heterocycles. The highest BCUT2D eigenvalue weighted by Gasteiger charge is 2.21. The number of hydrogen-bond acceptors (Lipinski definition) is 7. The molecule has 1 amide bonds. The number of nitrogens with zero attached hydrogens (tertiary/aromatic N) is 2. The van der Waals surface area contributed by atoms with Gasteiger partial charge in [-0.05, 0) is 32.9 Å². The molecule has 0 radical (unpaired) electrons. The Balaban J connectivity index is 1.96. The van der Waals surface area contributed by atoms with Crippen molar-refractivity contribution in [1.29, 1.82) is 0 Å². The third-order valence-electron chi connectivity index (χ3n) is 3.58. The molecule has 0 aromatic heterocycles. The Morgan fingerprint density at radius 2 is 2.04 bits per heavy atom. The summed E-state index contributed by atoms with van der Waals surface area (Å²) in [4.78, 5) is 24.8. The number of anilines is 1. The van der Waals surface area contributed by atoms with Crippen LogP contribution in [0.3, 0.4) is 0 Å². The van der Waals surface area contributed by atoms with E-state index in [0.717, 1.165) is 19.6 Å². The second-order valence-electron chi connectivity index (χ2n) is 6.87. The summed E-state index contributed by atoms with van der Waals surface area (Å²) in [5.41, 5.74) is -0.883. The number of nitro benzene ring substituents is 1. The number of benzene rings is 1. The lowest BCUT2D eigenvalue weighted by Crippen LogP contribution is -2.38. The second-order valence-corrected chi connectivity index (χ2v) is 6.87. The first-order chi connectivity index (χ1) is 12.2. The van der Waals surface area contributed by atoms with Crippen molar-refractivity contribution in [3.05, 3.63) is 28.3 Å². The summed E-state index contributed by atoms with van der Waals surface area (Å²) in [5, 5.41) is 13.7. The van der Waals surface area contributed by atoms with Gasteiger partial charge in [-0.15, -0.1) is 0 Å². The first kappa shape index (κ1) is 19.9. The van der Waals surface area contributed by atoms with Crippen molar-refractivity contribution < 1.29 is 23.9 Å². The summed E-state index contributed by atoms with van der Waals surface area (Å²) in [6.45, 7) is 9.38. The number of ether oxygens (including phenoxy) is 3. The van der Waals surface area contributed by atoms with Crippen LogP contribution in [0.1, 0.15) is 20.8 Å². The Labute approximate surface area is 152 Å². The van der Waals surface area contributed by atoms with E-state index >= 15 is 0 Å². The number of carbonyl (C=O) groups is 1. The molecule has 1 aliphatic rings. The molecule has 1 N–H and O–H groups in total. The van der Waals surface area contributed by atoms with Crippen LogP contribution in [0, 0.1) is 10.1 Å². The smallest absolute Gasteiger partial charge is 0.412 e. The molecule has 0 unspecified atom stereocenters. The predicted molar refractivity (Wildman–Crippen MR) is 95.7 cm³/mol. The zero-order valence-corrected chi connectivity index (χ0v) is 15.3. The van der Waals surface area contributed by atoms with Crippen LogP contribution >= 0.6 is 0 Å². The zero-order chi connectivity index (χ0) is 19.2. The highest BCUT2D eigenvalue weighted by Crippen LogP contribution is 2.29. The minimum absolute atomic E-state index is 0.0600. The lowest BCUT2D eigenvalue weighted by Gasteiger charge is -2.26. The molecule has 0 saturated carbocycles. The van der Waals surface area contributed by atoms with Crippen molar-refractivity contribution in [3.63, 3.8) is 0 Å². The van der Waals surface area contributed by atoms with Gasteiger partial charge in [0.05, 0.1) is 24.2 Å². The molecule has 144 valence electrons. The van der Waals surface area contributed by atoms with E-state index in [0.29, 0.717) is 25.6 Å². The topological polar surface area (TPSA) is 103 Å². The molecule has 1 aliphatic heterocycles. The Hall–Kier alpha value is -2.39. The highest BCUT2D eigenvalue weighted by molar-refractivity contribution is 5.88. The lowest BCUT2D eigenvalue weighted by molar-refractivity contribution is -0.384. The van der Waals surface area contributed by atoms with Crippen LogP contribution in [0.2, 0.25) is 0 Å². The molecule has 9 heteroatoms. The lowest BCUT2D eigenvalue weighted by atomic mass is 10.2. The summed E-state index contributed by atoms with van der Waals surface area (Å²) >= 11 is 0. The second kappa shape index (κ2) is 8.81. The minimum Gasteiger partial charge on any atom is -0.492 e. The normalized spacial score (nSPS) is 15.3. The number of rotatable bonds is 6. The molecule has 0 atom stereocenters. The van der Waals surface area contributed by atoms with E-state index in [4.69, 9.17) is 14.2 Å². The van der Waals surface area contributed by atoms with Crippen LogP contribution in [0.25, 0.3) is 0 Å². The van der Waals surface area contributed by atoms with Crippen LogP contribution in [0.15, 0.2) is 18.2 Å². The van der Waals surface area contributed by atoms with Crippen molar-refractivity contribution in [2.75, 3.05) is 44.8 Å². The van der Waals surface area contributed by atoms with Gasteiger partial charge in [0.25, 0.3) is 5.69 Å². The van der Waals surface area contributed by atoms with Crippen molar-refractivity contribution in [1.82, 2.24) is 4.90 Å². The third kappa shape index (κ3) is 6.49. The van der Waals surface area contributed by atoms with Gasteiger partial charge in [0.1, 0.15) is 23.6 Å². The maximum atomic E-state index is 11.8. The van der Waals surface area contributed by atoms with Crippen LogP contribution in [0.4, 0.5) is 16.2 Å². The number of amides is 1. The number of carbonyl (C=O) groups excluding carboxylic acids is 1. The van der Waals surface area contributed by atoms with Crippen molar-refractivity contribution in [2.45, 2.75) is 26.4 Å². The van der Waals surface area contributed by atoms with Gasteiger partial charge in [0.2, 0.25) is 0 Å². The molecule has 1 aromatic carbocycles. The Morgan fingerprint density at radius 1 is 1.35 bits per heavy atom. The summed E-state index contributed by atoms with van der Waals surface area (Å²) in [6, 6.07) is 4.32. The Bertz CT molecular complexity index is 638. The molecular weight excluding hydrogens is 342 g/mol. The first-order valence-electron chi connectivity index (χ1n) is 8.46. The quantitative estimate of drug-likeness (QED) is 0.609. The first-order valence-corrected chi connectivity index (χ1v) is 8.46.